The van der Waals surface area contributed by atoms with E-state index < -0.39 is 157 Å². The van der Waals surface area contributed by atoms with Crippen LogP contribution in [-0.2, 0) is 143 Å². The predicted octanol–water partition coefficient (Wildman–Crippen LogP) is 6.76. The zero-order valence-corrected chi connectivity index (χ0v) is 65.1. The van der Waals surface area contributed by atoms with Crippen molar-refractivity contribution in [2.75, 3.05) is 25.7 Å². The Morgan fingerprint density at radius 3 is 1.38 bits per heavy atom. The molecule has 0 spiro atoms. The molecular weight excluding hydrogens is 1530 g/mol. The Bertz CT molecular complexity index is 4510. The molecule has 0 aliphatic carbocycles. The quantitative estimate of drug-likeness (QED) is 0.0174. The molecule has 4 saturated heterocycles. The number of aromatic nitrogens is 12. The maximum Gasteiger partial charge on any atom is 0.338 e. The molecule has 35 nitrogen and oxygen atoms in total. The standard InChI is InChI=1S/C77H88Cl2N12O23/c1-44-63(79)62(41-101-48(5)92)108-76(66(44)104-49(6)93)114-77(42-78)47(4)67(105-50(7)94)61(113-77)37-90-35-58(83-86-90)40-102-74-45(2)64(109-70(95)51-21-13-9-14-22-51)68(111-72(97)53-25-17-11-18-26-53)59(106-74)31-55-33-91(87-80-55)43-103-75-46(3)65(110-71(96)52-23-15-10-16-24-52)69(112-73(98)54-27-19-12-20-28-54)60(107-75)36-89-34-57(82-85-89)39-100-30-29-99-38-56-32-88(8)84-81-56/h9-28,32-35,44-47,59-69,74-76H,29-31,36-43H2,1-8H3/t44-,45-,46+,47-,59+,60-,61+,62+,63+,64+,65-,66+,67-,68-,69+,74+,75-,76-,77-/m0/s1. The molecule has 0 unspecified atom stereocenters. The first-order valence-electron chi connectivity index (χ1n) is 36.9. The number of aryl methyl sites for hydroxylation is 1. The summed E-state index contributed by atoms with van der Waals surface area (Å²) in [4.78, 5) is 94.0. The second kappa shape index (κ2) is 38.9. The number of halogens is 2. The van der Waals surface area contributed by atoms with Crippen molar-refractivity contribution < 1.29 is 109 Å². The average molecular weight is 1620 g/mol. The van der Waals surface area contributed by atoms with Gasteiger partial charge in [-0.05, 0) is 48.5 Å². The van der Waals surface area contributed by atoms with Crippen LogP contribution in [0.2, 0.25) is 0 Å². The molecule has 19 atom stereocenters. The first kappa shape index (κ1) is 83.4. The highest BCUT2D eigenvalue weighted by Crippen LogP contribution is 2.45. The number of carbonyl (C=O) groups is 7. The second-order valence-electron chi connectivity index (χ2n) is 28.0. The molecule has 8 aromatic rings. The van der Waals surface area contributed by atoms with Crippen molar-refractivity contribution in [3.8, 4) is 0 Å². The molecule has 8 heterocycles. The van der Waals surface area contributed by atoms with Crippen LogP contribution in [0.25, 0.3) is 0 Å². The van der Waals surface area contributed by atoms with E-state index in [1.54, 1.807) is 186 Å². The number of rotatable bonds is 34. The Morgan fingerprint density at radius 2 is 0.877 bits per heavy atom. The molecule has 4 aliphatic rings. The van der Waals surface area contributed by atoms with Crippen LogP contribution in [0.15, 0.2) is 146 Å². The van der Waals surface area contributed by atoms with Crippen molar-refractivity contribution in [2.24, 2.45) is 30.7 Å². The van der Waals surface area contributed by atoms with Crippen molar-refractivity contribution in [3.63, 3.8) is 0 Å². The van der Waals surface area contributed by atoms with E-state index in [-0.39, 0.29) is 105 Å². The summed E-state index contributed by atoms with van der Waals surface area (Å²) in [6, 6.07) is 33.1. The molecule has 0 radical (unpaired) electrons. The van der Waals surface area contributed by atoms with Gasteiger partial charge in [0.25, 0.3) is 0 Å². The van der Waals surface area contributed by atoms with Gasteiger partial charge in [-0.3, -0.25) is 19.1 Å². The fourth-order valence-electron chi connectivity index (χ4n) is 13.7. The van der Waals surface area contributed by atoms with Gasteiger partial charge in [-0.25, -0.2) is 33.2 Å². The van der Waals surface area contributed by atoms with Crippen LogP contribution in [0.1, 0.15) is 113 Å². The van der Waals surface area contributed by atoms with Crippen LogP contribution >= 0.6 is 23.2 Å². The summed E-state index contributed by atoms with van der Waals surface area (Å²) in [7, 11) is 1.76. The SMILES string of the molecule is CC(=O)OC[C@H]1O[C@@H](O[C@]2(CCl)O[C@H](Cn3cc(CO[C@@H]4O[C@H](Cc5cn(CO[C@H]6O[C@@H](Cn7cc(COCCOCc8cn(C)nn8)nn7)[C@@H](OC(=O)c7ccccc7)[C@@H](OC(=O)c7ccccc7)[C@H]6C)nn5)[C@H](OC(=O)c5ccccc5)[C@H](OC(=O)c5ccccc5)[C@@H]4C)nn3)[C@@H](OC(C)=O)[C@@H]2C)[C@H](OC(C)=O)[C@@H](C)[C@H]1Cl. The molecule has 12 rings (SSSR count). The molecule has 0 bridgehead atoms. The van der Waals surface area contributed by atoms with Gasteiger partial charge < -0.3 is 75.8 Å². The average Bonchev–Trinajstić information content (AvgIpc) is 1.60. The molecule has 4 aliphatic heterocycles. The number of nitrogens with zero attached hydrogens (tertiary/aromatic N) is 12. The molecule has 0 saturated carbocycles. The number of carbonyl (C=O) groups excluding carboxylic acids is 7. The number of esters is 7. The van der Waals surface area contributed by atoms with Crippen molar-refractivity contribution in [2.45, 2.75) is 186 Å². The summed E-state index contributed by atoms with van der Waals surface area (Å²) in [5.41, 5.74) is 2.54. The summed E-state index contributed by atoms with van der Waals surface area (Å²) in [5, 5.41) is 33.5. The lowest BCUT2D eigenvalue weighted by molar-refractivity contribution is -0.350. The number of alkyl halides is 2. The molecule has 114 heavy (non-hydrogen) atoms. The fraction of sp³-hybridized carbons (Fsp3) is 0.494. The van der Waals surface area contributed by atoms with E-state index in [1.807, 2.05) is 0 Å². The number of ether oxygens (including phenoxy) is 16. The summed E-state index contributed by atoms with van der Waals surface area (Å²) in [6.07, 6.45) is -8.75. The number of benzene rings is 4. The third-order valence-electron chi connectivity index (χ3n) is 19.5. The number of hydrogen-bond donors (Lipinski definition) is 0. The van der Waals surface area contributed by atoms with E-state index in [1.165, 1.54) is 34.8 Å². The molecular formula is C77H88Cl2N12O23. The molecule has 4 fully saturated rings. The van der Waals surface area contributed by atoms with Crippen molar-refractivity contribution >= 4 is 65.0 Å². The number of hydrogen-bond acceptors (Lipinski definition) is 31. The van der Waals surface area contributed by atoms with E-state index in [0.29, 0.717) is 11.4 Å². The minimum atomic E-state index is -1.76. The first-order valence-corrected chi connectivity index (χ1v) is 37.9. The van der Waals surface area contributed by atoms with Gasteiger partial charge in [0.1, 0.15) is 73.1 Å². The smallest absolute Gasteiger partial charge is 0.338 e. The predicted molar refractivity (Wildman–Crippen MR) is 392 cm³/mol. The highest BCUT2D eigenvalue weighted by molar-refractivity contribution is 6.21. The Morgan fingerprint density at radius 1 is 0.447 bits per heavy atom. The van der Waals surface area contributed by atoms with Crippen LogP contribution in [-0.4, -0.2) is 219 Å². The van der Waals surface area contributed by atoms with Crippen LogP contribution in [0.5, 0.6) is 0 Å². The second-order valence-corrected chi connectivity index (χ2v) is 28.7. The molecule has 0 amide bonds. The summed E-state index contributed by atoms with van der Waals surface area (Å²) >= 11 is 13.6. The molecule has 37 heteroatoms. The maximum atomic E-state index is 14.3. The topological polar surface area (TPSA) is 390 Å². The van der Waals surface area contributed by atoms with Crippen LogP contribution < -0.4 is 0 Å². The highest BCUT2D eigenvalue weighted by atomic mass is 35.5. The van der Waals surface area contributed by atoms with Gasteiger partial charge in [0.2, 0.25) is 0 Å². The third-order valence-corrected chi connectivity index (χ3v) is 20.6. The third kappa shape index (κ3) is 21.3. The first-order chi connectivity index (χ1) is 55.0. The maximum absolute atomic E-state index is 14.3. The lowest BCUT2D eigenvalue weighted by Crippen LogP contribution is -2.58. The van der Waals surface area contributed by atoms with Gasteiger partial charge >= 0.3 is 41.8 Å². The fourth-order valence-corrected chi connectivity index (χ4v) is 14.3. The van der Waals surface area contributed by atoms with Crippen molar-refractivity contribution in [3.05, 3.63) is 191 Å². The summed E-state index contributed by atoms with van der Waals surface area (Å²) in [5.74, 6) is -10.0. The van der Waals surface area contributed by atoms with E-state index in [4.69, 9.17) is 99.0 Å². The minimum Gasteiger partial charge on any atom is -0.463 e. The van der Waals surface area contributed by atoms with Crippen LogP contribution in [0.4, 0.5) is 0 Å². The molecule has 4 aromatic heterocycles. The van der Waals surface area contributed by atoms with Crippen LogP contribution in [0, 0.1) is 23.7 Å². The molecule has 608 valence electrons. The van der Waals surface area contributed by atoms with Gasteiger partial charge in [-0.15, -0.1) is 43.6 Å². The van der Waals surface area contributed by atoms with Crippen LogP contribution in [0.3, 0.4) is 0 Å². The zero-order chi connectivity index (χ0) is 80.6. The highest BCUT2D eigenvalue weighted by Gasteiger charge is 2.60. The Labute approximate surface area is 664 Å². The molecule has 4 aromatic carbocycles. The van der Waals surface area contributed by atoms with Crippen molar-refractivity contribution in [1.82, 2.24) is 60.0 Å². The van der Waals surface area contributed by atoms with E-state index in [2.05, 4.69) is 41.2 Å². The van der Waals surface area contributed by atoms with Gasteiger partial charge in [0, 0.05) is 52.0 Å². The van der Waals surface area contributed by atoms with E-state index in [0.717, 1.165) is 0 Å². The largest absolute Gasteiger partial charge is 0.463 e. The van der Waals surface area contributed by atoms with Gasteiger partial charge in [-0.1, -0.05) is 121 Å². The Balaban J connectivity index is 0.776. The Hall–Kier alpha value is -10.1. The molecule has 0 N–H and O–H groups in total. The van der Waals surface area contributed by atoms with Gasteiger partial charge in [0.05, 0.1) is 116 Å². The van der Waals surface area contributed by atoms with Crippen molar-refractivity contribution in [1.29, 1.82) is 0 Å². The van der Waals surface area contributed by atoms with Gasteiger partial charge in [-0.2, -0.15) is 0 Å². The minimum absolute atomic E-state index is 0.0708. The van der Waals surface area contributed by atoms with E-state index in [9.17, 15) is 33.6 Å². The van der Waals surface area contributed by atoms with Gasteiger partial charge in [0.15, 0.2) is 43.0 Å². The lowest BCUT2D eigenvalue weighted by Gasteiger charge is -2.45. The summed E-state index contributed by atoms with van der Waals surface area (Å²) < 4.78 is 106. The normalized spacial score (nSPS) is 27.4. The zero-order valence-electron chi connectivity index (χ0n) is 63.5. The monoisotopic (exact) mass is 1620 g/mol. The lowest BCUT2D eigenvalue weighted by atomic mass is 9.89. The summed E-state index contributed by atoms with van der Waals surface area (Å²) in [6.45, 7) is 10.4. The van der Waals surface area contributed by atoms with E-state index >= 15 is 0 Å². The Kier molecular flexibility index (Phi) is 28.4.